The van der Waals surface area contributed by atoms with Crippen LogP contribution >= 0.6 is 0 Å². The van der Waals surface area contributed by atoms with Crippen molar-refractivity contribution in [1.82, 2.24) is 10.2 Å². The van der Waals surface area contributed by atoms with E-state index in [0.29, 0.717) is 12.1 Å². The first-order valence-corrected chi connectivity index (χ1v) is 7.71. The molecule has 2 aliphatic rings. The molecule has 2 aliphatic heterocycles. The number of para-hydroxylation sites is 1. The van der Waals surface area contributed by atoms with E-state index in [-0.39, 0.29) is 17.9 Å². The lowest BCUT2D eigenvalue weighted by Crippen LogP contribution is -2.64. The predicted octanol–water partition coefficient (Wildman–Crippen LogP) is 1.66. The van der Waals surface area contributed by atoms with Crippen LogP contribution in [0.15, 0.2) is 24.3 Å². The average molecular weight is 355 g/mol. The van der Waals surface area contributed by atoms with Crippen LogP contribution in [0.2, 0.25) is 0 Å². The van der Waals surface area contributed by atoms with E-state index in [1.54, 1.807) is 30.4 Å². The number of carbonyl (C=O) groups is 3. The van der Waals surface area contributed by atoms with Crippen LogP contribution in [0.25, 0.3) is 0 Å². The van der Waals surface area contributed by atoms with Crippen molar-refractivity contribution >= 4 is 23.4 Å². The van der Waals surface area contributed by atoms with Crippen LogP contribution in [-0.2, 0) is 9.59 Å². The number of carbonyl (C=O) groups excluding carboxylic acids is 3. The summed E-state index contributed by atoms with van der Waals surface area (Å²) >= 11 is 0. The van der Waals surface area contributed by atoms with Crippen LogP contribution in [0.4, 0.5) is 18.9 Å². The maximum absolute atomic E-state index is 12.8. The summed E-state index contributed by atoms with van der Waals surface area (Å²) in [5.41, 5.74) is -0.360. The second-order valence-electron chi connectivity index (χ2n) is 6.25. The number of fused-ring (bicyclic) bond motifs is 3. The third-order valence-electron chi connectivity index (χ3n) is 4.53. The Balaban J connectivity index is 1.90. The molecule has 0 saturated carbocycles. The summed E-state index contributed by atoms with van der Waals surface area (Å²) in [4.78, 5) is 39.7. The van der Waals surface area contributed by atoms with Gasteiger partial charge >= 0.3 is 6.18 Å². The highest BCUT2D eigenvalue weighted by atomic mass is 19.4. The van der Waals surface area contributed by atoms with E-state index in [2.05, 4.69) is 0 Å². The Kier molecular flexibility index (Phi) is 3.97. The van der Waals surface area contributed by atoms with Gasteiger partial charge in [-0.3, -0.25) is 19.3 Å². The van der Waals surface area contributed by atoms with Crippen molar-refractivity contribution in [2.75, 3.05) is 18.0 Å². The summed E-state index contributed by atoms with van der Waals surface area (Å²) in [6.07, 6.45) is -4.04. The number of hydrogen-bond acceptors (Lipinski definition) is 3. The van der Waals surface area contributed by atoms with E-state index in [4.69, 9.17) is 0 Å². The molecule has 25 heavy (non-hydrogen) atoms. The highest BCUT2D eigenvalue weighted by Gasteiger charge is 2.53. The molecule has 134 valence electrons. The Morgan fingerprint density at radius 2 is 1.96 bits per heavy atom. The molecule has 2 heterocycles. The lowest BCUT2D eigenvalue weighted by atomic mass is 9.98. The van der Waals surface area contributed by atoms with Gasteiger partial charge in [-0.15, -0.1) is 0 Å². The number of nitrogens with one attached hydrogen (secondary N) is 1. The third kappa shape index (κ3) is 2.94. The predicted molar refractivity (Wildman–Crippen MR) is 81.7 cm³/mol. The number of nitrogens with zero attached hydrogens (tertiary/aromatic N) is 2. The molecule has 1 saturated heterocycles. The van der Waals surface area contributed by atoms with E-state index in [1.165, 1.54) is 15.9 Å². The van der Waals surface area contributed by atoms with Gasteiger partial charge in [0, 0.05) is 6.42 Å². The number of alkyl halides is 3. The first-order valence-electron chi connectivity index (χ1n) is 7.71. The molecule has 1 aromatic carbocycles. The van der Waals surface area contributed by atoms with Crippen LogP contribution in [-0.4, -0.2) is 47.6 Å². The number of anilines is 1. The molecule has 1 fully saturated rings. The fourth-order valence-corrected chi connectivity index (χ4v) is 3.34. The molecule has 0 spiro atoms. The molecule has 1 aromatic rings. The first-order chi connectivity index (χ1) is 11.6. The van der Waals surface area contributed by atoms with Crippen molar-refractivity contribution in [2.45, 2.75) is 31.6 Å². The third-order valence-corrected chi connectivity index (χ3v) is 4.53. The van der Waals surface area contributed by atoms with E-state index in [1.807, 2.05) is 0 Å². The maximum atomic E-state index is 12.8. The molecule has 0 aromatic heterocycles. The molecular formula is C16H16F3N3O3. The molecule has 6 nitrogen and oxygen atoms in total. The van der Waals surface area contributed by atoms with E-state index in [9.17, 15) is 27.6 Å². The van der Waals surface area contributed by atoms with Crippen LogP contribution in [0, 0.1) is 0 Å². The van der Waals surface area contributed by atoms with Gasteiger partial charge in [0.05, 0.1) is 11.3 Å². The number of amides is 3. The normalized spacial score (nSPS) is 22.7. The summed E-state index contributed by atoms with van der Waals surface area (Å²) in [6, 6.07) is 6.50. The fourth-order valence-electron chi connectivity index (χ4n) is 3.34. The van der Waals surface area contributed by atoms with Crippen molar-refractivity contribution in [3.8, 4) is 0 Å². The zero-order valence-corrected chi connectivity index (χ0v) is 13.4. The zero-order chi connectivity index (χ0) is 18.4. The maximum Gasteiger partial charge on any atom is 0.405 e. The summed E-state index contributed by atoms with van der Waals surface area (Å²) < 4.78 is 36.8. The molecule has 1 N–H and O–H groups in total. The van der Waals surface area contributed by atoms with E-state index >= 15 is 0 Å². The Labute approximate surface area is 141 Å². The number of benzene rings is 1. The largest absolute Gasteiger partial charge is 0.405 e. The van der Waals surface area contributed by atoms with Crippen molar-refractivity contribution < 1.29 is 27.6 Å². The smallest absolute Gasteiger partial charge is 0.345 e. The zero-order valence-electron chi connectivity index (χ0n) is 13.4. The van der Waals surface area contributed by atoms with Crippen LogP contribution < -0.4 is 10.2 Å². The SMILES string of the molecule is CC12CCC(=O)N1c1ccccc1C(=O)N2CC(=O)NCC(F)(F)F. The molecule has 3 amide bonds. The Hall–Kier alpha value is -2.58. The van der Waals surface area contributed by atoms with Gasteiger partial charge in [0.1, 0.15) is 18.8 Å². The molecule has 0 aliphatic carbocycles. The molecule has 1 atom stereocenters. The Morgan fingerprint density at radius 1 is 1.28 bits per heavy atom. The minimum Gasteiger partial charge on any atom is -0.345 e. The van der Waals surface area contributed by atoms with Gasteiger partial charge in [0.2, 0.25) is 11.8 Å². The van der Waals surface area contributed by atoms with Gasteiger partial charge in [-0.05, 0) is 25.5 Å². The number of hydrogen-bond donors (Lipinski definition) is 1. The molecular weight excluding hydrogens is 339 g/mol. The minimum absolute atomic E-state index is 0.192. The van der Waals surface area contributed by atoms with Gasteiger partial charge in [-0.1, -0.05) is 12.1 Å². The van der Waals surface area contributed by atoms with Crippen LogP contribution in [0.1, 0.15) is 30.1 Å². The average Bonchev–Trinajstić information content (AvgIpc) is 2.85. The van der Waals surface area contributed by atoms with Gasteiger partial charge in [-0.25, -0.2) is 0 Å². The molecule has 3 rings (SSSR count). The summed E-state index contributed by atoms with van der Waals surface area (Å²) in [6.45, 7) is -0.379. The van der Waals surface area contributed by atoms with Gasteiger partial charge in [0.25, 0.3) is 5.91 Å². The standard InChI is InChI=1S/C16H16F3N3O3/c1-15-7-6-13(24)22(15)11-5-3-2-4-10(11)14(25)21(15)8-12(23)20-9-16(17,18)19/h2-5H,6-9H2,1H3,(H,20,23). The Morgan fingerprint density at radius 3 is 2.64 bits per heavy atom. The monoisotopic (exact) mass is 355 g/mol. The highest BCUT2D eigenvalue weighted by Crippen LogP contribution is 2.43. The molecule has 9 heteroatoms. The number of rotatable bonds is 3. The highest BCUT2D eigenvalue weighted by molar-refractivity contribution is 6.11. The molecule has 0 radical (unpaired) electrons. The summed E-state index contributed by atoms with van der Waals surface area (Å²) in [5.74, 6) is -1.60. The fraction of sp³-hybridized carbons (Fsp3) is 0.438. The number of halogens is 3. The van der Waals surface area contributed by atoms with Crippen molar-refractivity contribution in [3.05, 3.63) is 29.8 Å². The summed E-state index contributed by atoms with van der Waals surface area (Å²) in [5, 5.41) is 1.76. The van der Waals surface area contributed by atoms with E-state index < -0.39 is 36.7 Å². The lowest BCUT2D eigenvalue weighted by Gasteiger charge is -2.48. The van der Waals surface area contributed by atoms with Crippen molar-refractivity contribution in [2.24, 2.45) is 0 Å². The van der Waals surface area contributed by atoms with Crippen molar-refractivity contribution in [3.63, 3.8) is 0 Å². The van der Waals surface area contributed by atoms with E-state index in [0.717, 1.165) is 0 Å². The van der Waals surface area contributed by atoms with Gasteiger partial charge < -0.3 is 10.2 Å². The van der Waals surface area contributed by atoms with Crippen molar-refractivity contribution in [1.29, 1.82) is 0 Å². The lowest BCUT2D eigenvalue weighted by molar-refractivity contribution is -0.139. The van der Waals surface area contributed by atoms with Crippen LogP contribution in [0.5, 0.6) is 0 Å². The minimum atomic E-state index is -4.53. The second-order valence-corrected chi connectivity index (χ2v) is 6.25. The summed E-state index contributed by atoms with van der Waals surface area (Å²) in [7, 11) is 0. The second kappa shape index (κ2) is 5.75. The van der Waals surface area contributed by atoms with Gasteiger partial charge in [0.15, 0.2) is 0 Å². The molecule has 1 unspecified atom stereocenters. The van der Waals surface area contributed by atoms with Gasteiger partial charge in [-0.2, -0.15) is 13.2 Å². The molecule has 0 bridgehead atoms. The Bertz CT molecular complexity index is 750. The quantitative estimate of drug-likeness (QED) is 0.897. The first kappa shape index (κ1) is 17.2. The topological polar surface area (TPSA) is 69.7 Å². The van der Waals surface area contributed by atoms with Crippen LogP contribution in [0.3, 0.4) is 0 Å².